The van der Waals surface area contributed by atoms with Gasteiger partial charge in [-0.1, -0.05) is 12.8 Å². The highest BCUT2D eigenvalue weighted by atomic mass is 16.4. The number of carboxylic acids is 1. The molecule has 0 aromatic carbocycles. The summed E-state index contributed by atoms with van der Waals surface area (Å²) < 4.78 is 0. The van der Waals surface area contributed by atoms with Crippen LogP contribution < -0.4 is 10.6 Å². The zero-order chi connectivity index (χ0) is 14.3. The Balaban J connectivity index is 2.19. The Labute approximate surface area is 111 Å². The molecule has 1 aliphatic rings. The van der Waals surface area contributed by atoms with Gasteiger partial charge in [-0.05, 0) is 12.8 Å². The van der Waals surface area contributed by atoms with Crippen molar-refractivity contribution in [1.29, 1.82) is 0 Å². The predicted octanol–water partition coefficient (Wildman–Crippen LogP) is -0.755. The molecule has 1 fully saturated rings. The van der Waals surface area contributed by atoms with Crippen LogP contribution in [0.2, 0.25) is 0 Å². The third-order valence-electron chi connectivity index (χ3n) is 3.19. The Morgan fingerprint density at radius 3 is 2.37 bits per heavy atom. The Morgan fingerprint density at radius 1 is 1.21 bits per heavy atom. The highest BCUT2D eigenvalue weighted by Gasteiger charge is 2.22. The molecular weight excluding hydrogens is 252 g/mol. The highest BCUT2D eigenvalue weighted by molar-refractivity contribution is 5.84. The molecule has 7 heteroatoms. The van der Waals surface area contributed by atoms with Gasteiger partial charge in [0.25, 0.3) is 0 Å². The summed E-state index contributed by atoms with van der Waals surface area (Å²) in [6.45, 7) is -0.478. The number of aliphatic hydroxyl groups excluding tert-OH is 1. The van der Waals surface area contributed by atoms with E-state index in [2.05, 4.69) is 10.6 Å². The summed E-state index contributed by atoms with van der Waals surface area (Å²) in [6.07, 6.45) is 3.92. The zero-order valence-electron chi connectivity index (χ0n) is 10.7. The van der Waals surface area contributed by atoms with E-state index < -0.39 is 24.5 Å². The molecule has 2 amide bonds. The van der Waals surface area contributed by atoms with Crippen LogP contribution in [0.5, 0.6) is 0 Å². The molecule has 4 N–H and O–H groups in total. The molecule has 0 aromatic heterocycles. The lowest BCUT2D eigenvalue weighted by Crippen LogP contribution is -2.44. The first-order valence-electron chi connectivity index (χ1n) is 6.45. The summed E-state index contributed by atoms with van der Waals surface area (Å²) in [5.74, 6) is -1.78. The maximum absolute atomic E-state index is 11.6. The second-order valence-corrected chi connectivity index (χ2v) is 4.66. The summed E-state index contributed by atoms with van der Waals surface area (Å²) in [7, 11) is 0. The minimum Gasteiger partial charge on any atom is -0.480 e. The number of nitrogens with one attached hydrogen (secondary N) is 2. The smallest absolute Gasteiger partial charge is 0.328 e. The number of rotatable bonds is 7. The lowest BCUT2D eigenvalue weighted by molar-refractivity contribution is -0.143. The van der Waals surface area contributed by atoms with Crippen LogP contribution >= 0.6 is 0 Å². The third-order valence-corrected chi connectivity index (χ3v) is 3.19. The van der Waals surface area contributed by atoms with E-state index in [0.717, 1.165) is 25.7 Å². The van der Waals surface area contributed by atoms with Crippen LogP contribution in [-0.4, -0.2) is 47.2 Å². The fraction of sp³-hybridized carbons (Fsp3) is 0.750. The Morgan fingerprint density at radius 2 is 1.84 bits per heavy atom. The quantitative estimate of drug-likeness (QED) is 0.486. The summed E-state index contributed by atoms with van der Waals surface area (Å²) in [5, 5.41) is 22.2. The third kappa shape index (κ3) is 5.25. The van der Waals surface area contributed by atoms with Crippen molar-refractivity contribution in [2.24, 2.45) is 5.92 Å². The lowest BCUT2D eigenvalue weighted by atomic mass is 10.1. The molecule has 1 atom stereocenters. The molecule has 0 unspecified atom stereocenters. The van der Waals surface area contributed by atoms with Gasteiger partial charge in [0.15, 0.2) is 0 Å². The topological polar surface area (TPSA) is 116 Å². The first kappa shape index (κ1) is 15.4. The summed E-state index contributed by atoms with van der Waals surface area (Å²) in [6, 6.07) is -1.29. The van der Waals surface area contributed by atoms with Gasteiger partial charge in [0.1, 0.15) is 6.04 Å². The summed E-state index contributed by atoms with van der Waals surface area (Å²) in [5.41, 5.74) is 0. The maximum atomic E-state index is 11.6. The average molecular weight is 272 g/mol. The molecule has 0 heterocycles. The first-order chi connectivity index (χ1) is 9.04. The van der Waals surface area contributed by atoms with Crippen molar-refractivity contribution in [3.8, 4) is 0 Å². The summed E-state index contributed by atoms with van der Waals surface area (Å²) in [4.78, 5) is 33.6. The van der Waals surface area contributed by atoms with E-state index in [9.17, 15) is 14.4 Å². The number of carbonyl (C=O) groups excluding carboxylic acids is 2. The van der Waals surface area contributed by atoms with Crippen LogP contribution in [0.4, 0.5) is 0 Å². The number of aliphatic carboxylic acids is 1. The second-order valence-electron chi connectivity index (χ2n) is 4.66. The molecule has 1 aliphatic carbocycles. The van der Waals surface area contributed by atoms with Gasteiger partial charge in [0, 0.05) is 18.9 Å². The molecule has 0 radical (unpaired) electrons. The predicted molar refractivity (Wildman–Crippen MR) is 66.2 cm³/mol. The van der Waals surface area contributed by atoms with Crippen molar-refractivity contribution in [3.63, 3.8) is 0 Å². The van der Waals surface area contributed by atoms with Crippen molar-refractivity contribution < 1.29 is 24.6 Å². The minimum atomic E-state index is -1.29. The van der Waals surface area contributed by atoms with Crippen molar-refractivity contribution in [3.05, 3.63) is 0 Å². The van der Waals surface area contributed by atoms with E-state index in [0.29, 0.717) is 0 Å². The van der Waals surface area contributed by atoms with Crippen molar-refractivity contribution >= 4 is 17.8 Å². The van der Waals surface area contributed by atoms with Crippen molar-refractivity contribution in [2.75, 3.05) is 13.2 Å². The zero-order valence-corrected chi connectivity index (χ0v) is 10.7. The molecule has 108 valence electrons. The average Bonchev–Trinajstić information content (AvgIpc) is 2.89. The van der Waals surface area contributed by atoms with E-state index >= 15 is 0 Å². The Bertz CT molecular complexity index is 339. The van der Waals surface area contributed by atoms with Crippen molar-refractivity contribution in [2.45, 2.75) is 38.1 Å². The molecule has 19 heavy (non-hydrogen) atoms. The van der Waals surface area contributed by atoms with Gasteiger partial charge in [0.05, 0.1) is 6.61 Å². The van der Waals surface area contributed by atoms with E-state index in [1.165, 1.54) is 0 Å². The fourth-order valence-electron chi connectivity index (χ4n) is 2.08. The number of hydrogen-bond donors (Lipinski definition) is 4. The summed E-state index contributed by atoms with van der Waals surface area (Å²) >= 11 is 0. The van der Waals surface area contributed by atoms with Crippen LogP contribution in [0.15, 0.2) is 0 Å². The van der Waals surface area contributed by atoms with E-state index in [1.807, 2.05) is 0 Å². The van der Waals surface area contributed by atoms with Gasteiger partial charge in [-0.3, -0.25) is 9.59 Å². The van der Waals surface area contributed by atoms with E-state index in [-0.39, 0.29) is 24.8 Å². The van der Waals surface area contributed by atoms with Gasteiger partial charge in [-0.2, -0.15) is 0 Å². The lowest BCUT2D eigenvalue weighted by Gasteiger charge is -2.13. The molecule has 1 saturated carbocycles. The molecule has 0 aliphatic heterocycles. The van der Waals surface area contributed by atoms with Crippen LogP contribution in [0.25, 0.3) is 0 Å². The second kappa shape index (κ2) is 7.73. The molecule has 7 nitrogen and oxygen atoms in total. The van der Waals surface area contributed by atoms with Gasteiger partial charge in [-0.15, -0.1) is 0 Å². The maximum Gasteiger partial charge on any atom is 0.328 e. The number of hydrogen-bond acceptors (Lipinski definition) is 4. The first-order valence-corrected chi connectivity index (χ1v) is 6.45. The van der Waals surface area contributed by atoms with Gasteiger partial charge in [0.2, 0.25) is 11.8 Å². The SMILES string of the molecule is O=C(CCNC(=O)C1CCCC1)N[C@@H](CO)C(=O)O. The normalized spacial score (nSPS) is 16.9. The molecule has 0 saturated heterocycles. The monoisotopic (exact) mass is 272 g/mol. The van der Waals surface area contributed by atoms with Crippen LogP contribution in [0.3, 0.4) is 0 Å². The Hall–Kier alpha value is -1.63. The van der Waals surface area contributed by atoms with Gasteiger partial charge < -0.3 is 20.8 Å². The molecule has 0 spiro atoms. The standard InChI is InChI=1S/C12H20N2O5/c15-7-9(12(18)19)14-10(16)5-6-13-11(17)8-3-1-2-4-8/h8-9,15H,1-7H2,(H,13,17)(H,14,16)(H,18,19)/t9-/m0/s1. The largest absolute Gasteiger partial charge is 0.480 e. The van der Waals surface area contributed by atoms with Gasteiger partial charge >= 0.3 is 5.97 Å². The number of carbonyl (C=O) groups is 3. The molecule has 0 aromatic rings. The van der Waals surface area contributed by atoms with Crippen LogP contribution in [0.1, 0.15) is 32.1 Å². The van der Waals surface area contributed by atoms with E-state index in [1.54, 1.807) is 0 Å². The molecule has 0 bridgehead atoms. The molecule has 1 rings (SSSR count). The van der Waals surface area contributed by atoms with Crippen molar-refractivity contribution in [1.82, 2.24) is 10.6 Å². The van der Waals surface area contributed by atoms with Crippen LogP contribution in [0, 0.1) is 5.92 Å². The minimum absolute atomic E-state index is 0.00222. The number of amides is 2. The number of carboxylic acid groups (broad SMARTS) is 1. The molecular formula is C12H20N2O5. The fourth-order valence-corrected chi connectivity index (χ4v) is 2.08. The van der Waals surface area contributed by atoms with Gasteiger partial charge in [-0.25, -0.2) is 4.79 Å². The van der Waals surface area contributed by atoms with Crippen LogP contribution in [-0.2, 0) is 14.4 Å². The van der Waals surface area contributed by atoms with E-state index in [4.69, 9.17) is 10.2 Å². The highest BCUT2D eigenvalue weighted by Crippen LogP contribution is 2.24. The number of aliphatic hydroxyl groups is 1. The Kier molecular flexibility index (Phi) is 6.27.